The third-order valence-electron chi connectivity index (χ3n) is 2.32. The van der Waals surface area contributed by atoms with Gasteiger partial charge in [0.2, 0.25) is 0 Å². The Morgan fingerprint density at radius 2 is 1.95 bits per heavy atom. The predicted molar refractivity (Wildman–Crippen MR) is 74.7 cm³/mol. The number of nitrogens with zero attached hydrogens (tertiary/aromatic N) is 1. The van der Waals surface area contributed by atoms with Crippen molar-refractivity contribution in [1.82, 2.24) is 0 Å². The van der Waals surface area contributed by atoms with E-state index in [1.165, 1.54) is 11.3 Å². The van der Waals surface area contributed by atoms with Crippen molar-refractivity contribution < 1.29 is 8.78 Å². The first-order chi connectivity index (χ1) is 9.17. The van der Waals surface area contributed by atoms with Gasteiger partial charge in [-0.25, -0.2) is 0 Å². The number of alkyl halides is 2. The fraction of sp³-hybridized carbons (Fsp3) is 0.154. The number of thioether (sulfide) groups is 1. The summed E-state index contributed by atoms with van der Waals surface area (Å²) in [6, 6.07) is 12.6. The van der Waals surface area contributed by atoms with E-state index < -0.39 is 5.76 Å². The summed E-state index contributed by atoms with van der Waals surface area (Å²) in [4.78, 5) is 2.28. The van der Waals surface area contributed by atoms with Crippen molar-refractivity contribution in [3.63, 3.8) is 0 Å². The molecule has 0 saturated heterocycles. The van der Waals surface area contributed by atoms with Crippen LogP contribution < -0.4 is 5.32 Å². The van der Waals surface area contributed by atoms with Gasteiger partial charge in [-0.05, 0) is 36.4 Å². The Labute approximate surface area is 118 Å². The Bertz CT molecular complexity index is 573. The third-order valence-corrected chi connectivity index (χ3v) is 4.03. The second-order valence-electron chi connectivity index (χ2n) is 3.63. The molecule has 0 amide bonds. The van der Waals surface area contributed by atoms with Crippen LogP contribution in [-0.2, 0) is 6.54 Å². The van der Waals surface area contributed by atoms with Crippen molar-refractivity contribution in [1.29, 1.82) is 5.26 Å². The van der Waals surface area contributed by atoms with Gasteiger partial charge in [0, 0.05) is 22.0 Å². The van der Waals surface area contributed by atoms with E-state index in [1.54, 1.807) is 30.3 Å². The van der Waals surface area contributed by atoms with Crippen molar-refractivity contribution in [3.8, 4) is 6.07 Å². The van der Waals surface area contributed by atoms with Gasteiger partial charge in [0.1, 0.15) is 10.9 Å². The summed E-state index contributed by atoms with van der Waals surface area (Å²) in [6.45, 7) is 0.619. The molecule has 0 saturated carbocycles. The molecule has 1 N–H and O–H groups in total. The lowest BCUT2D eigenvalue weighted by Gasteiger charge is -2.06. The highest BCUT2D eigenvalue weighted by Gasteiger charge is 2.05. The highest BCUT2D eigenvalue weighted by atomic mass is 32.2. The number of hydrogen-bond donors (Lipinski definition) is 1. The molecule has 1 aromatic carbocycles. The summed E-state index contributed by atoms with van der Waals surface area (Å²) in [6.07, 6.45) is 0. The van der Waals surface area contributed by atoms with E-state index >= 15 is 0 Å². The number of halogens is 2. The molecule has 0 aliphatic rings. The maximum Gasteiger partial charge on any atom is 0.288 e. The standard InChI is InChI=1S/C13H10F2N2S2/c14-13(15)19-10-3-1-9(2-4-10)17-8-12-6-5-11(7-16)18-12/h1-6,13,17H,8H2. The molecule has 0 bridgehead atoms. The molecule has 0 spiro atoms. The van der Waals surface area contributed by atoms with Gasteiger partial charge in [-0.3, -0.25) is 0 Å². The smallest absolute Gasteiger partial charge is 0.288 e. The van der Waals surface area contributed by atoms with Gasteiger partial charge in [0.15, 0.2) is 0 Å². The maximum absolute atomic E-state index is 12.1. The van der Waals surface area contributed by atoms with E-state index in [2.05, 4.69) is 11.4 Å². The van der Waals surface area contributed by atoms with Crippen LogP contribution >= 0.6 is 23.1 Å². The Morgan fingerprint density at radius 3 is 2.53 bits per heavy atom. The van der Waals surface area contributed by atoms with Crippen LogP contribution in [0.2, 0.25) is 0 Å². The second kappa shape index (κ2) is 6.55. The van der Waals surface area contributed by atoms with Crippen molar-refractivity contribution in [3.05, 3.63) is 46.2 Å². The molecule has 0 radical (unpaired) electrons. The van der Waals surface area contributed by atoms with Gasteiger partial charge >= 0.3 is 0 Å². The summed E-state index contributed by atoms with van der Waals surface area (Å²) in [7, 11) is 0. The van der Waals surface area contributed by atoms with Gasteiger partial charge in [0.05, 0.1) is 0 Å². The minimum Gasteiger partial charge on any atom is -0.380 e. The maximum atomic E-state index is 12.1. The molecule has 2 aromatic rings. The van der Waals surface area contributed by atoms with Crippen molar-refractivity contribution in [2.24, 2.45) is 0 Å². The van der Waals surface area contributed by atoms with E-state index in [-0.39, 0.29) is 0 Å². The van der Waals surface area contributed by atoms with E-state index in [0.717, 1.165) is 10.6 Å². The average Bonchev–Trinajstić information content (AvgIpc) is 2.85. The summed E-state index contributed by atoms with van der Waals surface area (Å²) < 4.78 is 24.3. The molecule has 0 aliphatic heterocycles. The van der Waals surface area contributed by atoms with Gasteiger partial charge in [-0.15, -0.1) is 11.3 Å². The fourth-order valence-corrected chi connectivity index (χ4v) is 2.72. The Hall–Kier alpha value is -1.58. The van der Waals surface area contributed by atoms with Crippen LogP contribution in [0.5, 0.6) is 0 Å². The molecule has 0 fully saturated rings. The molecule has 1 aromatic heterocycles. The topological polar surface area (TPSA) is 35.8 Å². The zero-order valence-electron chi connectivity index (χ0n) is 9.77. The molecule has 98 valence electrons. The monoisotopic (exact) mass is 296 g/mol. The number of benzene rings is 1. The highest BCUT2D eigenvalue weighted by Crippen LogP contribution is 2.26. The lowest BCUT2D eigenvalue weighted by Crippen LogP contribution is -1.96. The molecule has 2 nitrogen and oxygen atoms in total. The molecule has 0 aliphatic carbocycles. The Kier molecular flexibility index (Phi) is 4.77. The molecular weight excluding hydrogens is 286 g/mol. The summed E-state index contributed by atoms with van der Waals surface area (Å²) in [5.74, 6) is -2.39. The van der Waals surface area contributed by atoms with Gasteiger partial charge < -0.3 is 5.32 Å². The van der Waals surface area contributed by atoms with Crippen molar-refractivity contribution in [2.75, 3.05) is 5.32 Å². The molecule has 6 heteroatoms. The number of anilines is 1. The molecule has 0 unspecified atom stereocenters. The van der Waals surface area contributed by atoms with Crippen LogP contribution in [0.15, 0.2) is 41.3 Å². The van der Waals surface area contributed by atoms with Crippen molar-refractivity contribution in [2.45, 2.75) is 17.2 Å². The summed E-state index contributed by atoms with van der Waals surface area (Å²) in [5.41, 5.74) is 0.866. The zero-order chi connectivity index (χ0) is 13.7. The van der Waals surface area contributed by atoms with E-state index in [0.29, 0.717) is 28.1 Å². The van der Waals surface area contributed by atoms with E-state index in [1.807, 2.05) is 6.07 Å². The van der Waals surface area contributed by atoms with Gasteiger partial charge in [-0.2, -0.15) is 14.0 Å². The number of hydrogen-bond acceptors (Lipinski definition) is 4. The fourth-order valence-electron chi connectivity index (χ4n) is 1.48. The third kappa shape index (κ3) is 4.23. The number of rotatable bonds is 5. The first kappa shape index (κ1) is 13.8. The minimum atomic E-state index is -2.39. The second-order valence-corrected chi connectivity index (χ2v) is 5.87. The SMILES string of the molecule is N#Cc1ccc(CNc2ccc(SC(F)F)cc2)s1. The first-order valence-corrected chi connectivity index (χ1v) is 7.14. The highest BCUT2D eigenvalue weighted by molar-refractivity contribution is 7.99. The Morgan fingerprint density at radius 1 is 1.21 bits per heavy atom. The first-order valence-electron chi connectivity index (χ1n) is 5.45. The lowest BCUT2D eigenvalue weighted by molar-refractivity contribution is 0.252. The number of thiophene rings is 1. The summed E-state index contributed by atoms with van der Waals surface area (Å²) in [5, 5.41) is 11.9. The molecule has 1 heterocycles. The molecule has 19 heavy (non-hydrogen) atoms. The predicted octanol–water partition coefficient (Wildman–Crippen LogP) is 4.55. The molecule has 2 rings (SSSR count). The van der Waals surface area contributed by atoms with Crippen LogP contribution in [-0.4, -0.2) is 5.76 Å². The largest absolute Gasteiger partial charge is 0.380 e. The number of nitriles is 1. The summed E-state index contributed by atoms with van der Waals surface area (Å²) >= 11 is 1.97. The van der Waals surface area contributed by atoms with Crippen LogP contribution in [0, 0.1) is 11.3 Å². The Balaban J connectivity index is 1.91. The van der Waals surface area contributed by atoms with E-state index in [9.17, 15) is 8.78 Å². The minimum absolute atomic E-state index is 0.533. The van der Waals surface area contributed by atoms with Crippen LogP contribution in [0.25, 0.3) is 0 Å². The molecule has 0 atom stereocenters. The van der Waals surface area contributed by atoms with E-state index in [4.69, 9.17) is 5.26 Å². The lowest BCUT2D eigenvalue weighted by atomic mass is 10.3. The van der Waals surface area contributed by atoms with Crippen LogP contribution in [0.3, 0.4) is 0 Å². The van der Waals surface area contributed by atoms with Crippen LogP contribution in [0.4, 0.5) is 14.5 Å². The average molecular weight is 296 g/mol. The molecular formula is C13H10F2N2S2. The van der Waals surface area contributed by atoms with Crippen molar-refractivity contribution >= 4 is 28.8 Å². The number of nitrogens with one attached hydrogen (secondary N) is 1. The van der Waals surface area contributed by atoms with Gasteiger partial charge in [-0.1, -0.05) is 11.8 Å². The quantitative estimate of drug-likeness (QED) is 0.822. The van der Waals surface area contributed by atoms with Gasteiger partial charge in [0.25, 0.3) is 5.76 Å². The van der Waals surface area contributed by atoms with Crippen LogP contribution in [0.1, 0.15) is 9.75 Å². The normalized spacial score (nSPS) is 10.4. The zero-order valence-corrected chi connectivity index (χ0v) is 11.4.